The van der Waals surface area contributed by atoms with Gasteiger partial charge in [-0.1, -0.05) is 26.0 Å². The van der Waals surface area contributed by atoms with Crippen molar-refractivity contribution in [3.05, 3.63) is 35.4 Å². The molecule has 0 aliphatic heterocycles. The summed E-state index contributed by atoms with van der Waals surface area (Å²) in [4.78, 5) is 15.8. The van der Waals surface area contributed by atoms with Crippen molar-refractivity contribution in [2.45, 2.75) is 33.2 Å². The summed E-state index contributed by atoms with van der Waals surface area (Å²) in [5.74, 6) is 1.44. The first kappa shape index (κ1) is 21.7. The van der Waals surface area contributed by atoms with Crippen LogP contribution in [-0.4, -0.2) is 32.5 Å². The number of hydrogen-bond donors (Lipinski definition) is 3. The summed E-state index contributed by atoms with van der Waals surface area (Å²) in [5, 5.41) is 9.20. The minimum atomic E-state index is -0.0713. The topological polar surface area (TPSA) is 65.5 Å². The minimum absolute atomic E-state index is 0. The number of carbonyl (C=O) groups excluding carboxylic acids is 1. The molecule has 0 aliphatic rings. The lowest BCUT2D eigenvalue weighted by Crippen LogP contribution is -2.37. The van der Waals surface area contributed by atoms with Crippen molar-refractivity contribution in [3.63, 3.8) is 0 Å². The molecule has 0 saturated carbocycles. The molecule has 0 unspecified atom stereocenters. The van der Waals surface area contributed by atoms with E-state index in [2.05, 4.69) is 34.8 Å². The van der Waals surface area contributed by atoms with Crippen LogP contribution in [0.1, 0.15) is 42.6 Å². The Balaban J connectivity index is 0.00000484. The molecule has 0 aliphatic carbocycles. The number of aliphatic imine (C=N–C) groups is 1. The zero-order chi connectivity index (χ0) is 16.4. The second-order valence-electron chi connectivity index (χ2n) is 5.67. The number of amides is 1. The van der Waals surface area contributed by atoms with Gasteiger partial charge in [0.25, 0.3) is 5.91 Å². The molecule has 6 heteroatoms. The molecule has 1 aromatic carbocycles. The van der Waals surface area contributed by atoms with E-state index in [-0.39, 0.29) is 29.9 Å². The first-order chi connectivity index (χ1) is 10.6. The Hall–Kier alpha value is -1.31. The highest BCUT2D eigenvalue weighted by Crippen LogP contribution is 2.05. The molecule has 0 spiro atoms. The molecule has 0 radical (unpaired) electrons. The molecule has 0 atom stereocenters. The zero-order valence-corrected chi connectivity index (χ0v) is 16.8. The number of halogens is 1. The smallest absolute Gasteiger partial charge is 0.251 e. The molecule has 5 nitrogen and oxygen atoms in total. The average molecular weight is 432 g/mol. The van der Waals surface area contributed by atoms with Crippen LogP contribution in [0.4, 0.5) is 0 Å². The zero-order valence-electron chi connectivity index (χ0n) is 14.5. The maximum atomic E-state index is 11.6. The molecular formula is C17H29IN4O. The molecular weight excluding hydrogens is 403 g/mol. The number of benzene rings is 1. The number of rotatable bonds is 7. The molecule has 3 N–H and O–H groups in total. The lowest BCUT2D eigenvalue weighted by atomic mass is 10.1. The SMILES string of the molecule is CN=C(NCCCC(C)C)NCc1cccc(C(=O)NC)c1.I. The summed E-state index contributed by atoms with van der Waals surface area (Å²) < 4.78 is 0. The summed E-state index contributed by atoms with van der Waals surface area (Å²) in [5.41, 5.74) is 1.72. The number of nitrogens with one attached hydrogen (secondary N) is 3. The van der Waals surface area contributed by atoms with Gasteiger partial charge in [0.2, 0.25) is 0 Å². The van der Waals surface area contributed by atoms with Gasteiger partial charge in [0.15, 0.2) is 5.96 Å². The van der Waals surface area contributed by atoms with Crippen LogP contribution in [0.15, 0.2) is 29.3 Å². The molecule has 0 saturated heterocycles. The second kappa shape index (κ2) is 12.2. The summed E-state index contributed by atoms with van der Waals surface area (Å²) in [6, 6.07) is 7.57. The third-order valence-corrected chi connectivity index (χ3v) is 3.35. The van der Waals surface area contributed by atoms with Gasteiger partial charge in [-0.3, -0.25) is 9.79 Å². The van der Waals surface area contributed by atoms with Crippen molar-refractivity contribution in [2.24, 2.45) is 10.9 Å². The summed E-state index contributed by atoms with van der Waals surface area (Å²) in [6.07, 6.45) is 2.34. The molecule has 0 aromatic heterocycles. The molecule has 1 aromatic rings. The minimum Gasteiger partial charge on any atom is -0.356 e. The van der Waals surface area contributed by atoms with Gasteiger partial charge < -0.3 is 16.0 Å². The van der Waals surface area contributed by atoms with E-state index in [1.54, 1.807) is 20.2 Å². The predicted octanol–water partition coefficient (Wildman–Crippen LogP) is 2.77. The maximum Gasteiger partial charge on any atom is 0.251 e. The Bertz CT molecular complexity index is 503. The maximum absolute atomic E-state index is 11.6. The number of guanidine groups is 1. The van der Waals surface area contributed by atoms with E-state index in [1.807, 2.05) is 18.2 Å². The van der Waals surface area contributed by atoms with Gasteiger partial charge in [-0.25, -0.2) is 0 Å². The fraction of sp³-hybridized carbons (Fsp3) is 0.529. The lowest BCUT2D eigenvalue weighted by Gasteiger charge is -2.13. The molecule has 1 rings (SSSR count). The quantitative estimate of drug-likeness (QED) is 0.269. The third kappa shape index (κ3) is 8.78. The normalized spacial score (nSPS) is 10.9. The monoisotopic (exact) mass is 432 g/mol. The molecule has 23 heavy (non-hydrogen) atoms. The Morgan fingerprint density at radius 1 is 1.26 bits per heavy atom. The van der Waals surface area contributed by atoms with Crippen molar-refractivity contribution in [2.75, 3.05) is 20.6 Å². The van der Waals surface area contributed by atoms with Crippen LogP contribution >= 0.6 is 24.0 Å². The molecule has 0 bridgehead atoms. The summed E-state index contributed by atoms with van der Waals surface area (Å²) in [6.45, 7) is 6.00. The van der Waals surface area contributed by atoms with E-state index in [0.717, 1.165) is 30.4 Å². The van der Waals surface area contributed by atoms with Crippen molar-refractivity contribution < 1.29 is 4.79 Å². The highest BCUT2D eigenvalue weighted by atomic mass is 127. The third-order valence-electron chi connectivity index (χ3n) is 3.35. The Labute approximate surface area is 156 Å². The van der Waals surface area contributed by atoms with Gasteiger partial charge in [-0.2, -0.15) is 0 Å². The van der Waals surface area contributed by atoms with Crippen LogP contribution in [0.5, 0.6) is 0 Å². The van der Waals surface area contributed by atoms with Crippen LogP contribution in [0.2, 0.25) is 0 Å². The fourth-order valence-corrected chi connectivity index (χ4v) is 2.09. The van der Waals surface area contributed by atoms with Crippen molar-refractivity contribution >= 4 is 35.8 Å². The van der Waals surface area contributed by atoms with E-state index >= 15 is 0 Å². The average Bonchev–Trinajstić information content (AvgIpc) is 2.53. The molecule has 130 valence electrons. The summed E-state index contributed by atoms with van der Waals surface area (Å²) in [7, 11) is 3.40. The van der Waals surface area contributed by atoms with E-state index in [4.69, 9.17) is 0 Å². The van der Waals surface area contributed by atoms with E-state index in [9.17, 15) is 4.79 Å². The fourth-order valence-electron chi connectivity index (χ4n) is 2.09. The van der Waals surface area contributed by atoms with Crippen LogP contribution in [0.25, 0.3) is 0 Å². The van der Waals surface area contributed by atoms with Gasteiger partial charge in [0.1, 0.15) is 0 Å². The van der Waals surface area contributed by atoms with Gasteiger partial charge in [-0.05, 0) is 36.5 Å². The first-order valence-corrected chi connectivity index (χ1v) is 7.82. The number of carbonyl (C=O) groups is 1. The highest BCUT2D eigenvalue weighted by molar-refractivity contribution is 14.0. The first-order valence-electron chi connectivity index (χ1n) is 7.82. The van der Waals surface area contributed by atoms with Gasteiger partial charge >= 0.3 is 0 Å². The van der Waals surface area contributed by atoms with E-state index < -0.39 is 0 Å². The van der Waals surface area contributed by atoms with Crippen molar-refractivity contribution in [1.82, 2.24) is 16.0 Å². The van der Waals surface area contributed by atoms with Gasteiger partial charge in [-0.15, -0.1) is 24.0 Å². The molecule has 1 amide bonds. The predicted molar refractivity (Wildman–Crippen MR) is 108 cm³/mol. The van der Waals surface area contributed by atoms with E-state index in [0.29, 0.717) is 12.1 Å². The Morgan fingerprint density at radius 3 is 2.61 bits per heavy atom. The lowest BCUT2D eigenvalue weighted by molar-refractivity contribution is 0.0963. The van der Waals surface area contributed by atoms with Crippen molar-refractivity contribution in [3.8, 4) is 0 Å². The van der Waals surface area contributed by atoms with Gasteiger partial charge in [0, 0.05) is 32.7 Å². The van der Waals surface area contributed by atoms with Crippen LogP contribution in [-0.2, 0) is 6.54 Å². The van der Waals surface area contributed by atoms with Crippen LogP contribution in [0.3, 0.4) is 0 Å². The standard InChI is InChI=1S/C17H28N4O.HI/c1-13(2)7-6-10-20-17(19-4)21-12-14-8-5-9-15(11-14)16(22)18-3;/h5,8-9,11,13H,6-7,10,12H2,1-4H3,(H,18,22)(H2,19,20,21);1H. The van der Waals surface area contributed by atoms with Crippen LogP contribution in [0, 0.1) is 5.92 Å². The summed E-state index contributed by atoms with van der Waals surface area (Å²) >= 11 is 0. The van der Waals surface area contributed by atoms with Crippen molar-refractivity contribution in [1.29, 1.82) is 0 Å². The highest BCUT2D eigenvalue weighted by Gasteiger charge is 2.04. The largest absolute Gasteiger partial charge is 0.356 e. The van der Waals surface area contributed by atoms with Gasteiger partial charge in [0.05, 0.1) is 0 Å². The van der Waals surface area contributed by atoms with E-state index in [1.165, 1.54) is 6.42 Å². The number of nitrogens with zero attached hydrogens (tertiary/aromatic N) is 1. The Kier molecular flexibility index (Phi) is 11.5. The Morgan fingerprint density at radius 2 is 2.00 bits per heavy atom. The number of hydrogen-bond acceptors (Lipinski definition) is 2. The van der Waals surface area contributed by atoms with Crippen LogP contribution < -0.4 is 16.0 Å². The second-order valence-corrected chi connectivity index (χ2v) is 5.67. The molecule has 0 heterocycles. The molecule has 0 fully saturated rings.